The molecule has 0 fully saturated rings. The Morgan fingerprint density at radius 1 is 1.58 bits per heavy atom. The zero-order chi connectivity index (χ0) is 9.14. The molecule has 0 spiro atoms. The number of nitrogens with zero attached hydrogens (tertiary/aromatic N) is 2. The summed E-state index contributed by atoms with van der Waals surface area (Å²) in [6.45, 7) is 6.30. The van der Waals surface area contributed by atoms with Crippen LogP contribution >= 0.6 is 0 Å². The topological polar surface area (TPSA) is 43.8 Å². The fourth-order valence-corrected chi connectivity index (χ4v) is 1.25. The Kier molecular flexibility index (Phi) is 2.87. The molecule has 0 aliphatic heterocycles. The van der Waals surface area contributed by atoms with Crippen molar-refractivity contribution in [2.75, 3.05) is 0 Å². The summed E-state index contributed by atoms with van der Waals surface area (Å²) in [5.74, 6) is 0.976. The van der Waals surface area contributed by atoms with Crippen LogP contribution in [0, 0.1) is 0 Å². The minimum Gasteiger partial charge on any atom is -0.331 e. The Labute approximate surface area is 73.6 Å². The lowest BCUT2D eigenvalue weighted by Gasteiger charge is -2.15. The molecule has 0 bridgehead atoms. The normalized spacial score (nSPS) is 16.0. The molecular weight excluding hydrogens is 150 g/mol. The number of rotatable bonds is 3. The number of hydrogen-bond donors (Lipinski definition) is 1. The number of hydrogen-bond acceptors (Lipinski definition) is 2. The zero-order valence-corrected chi connectivity index (χ0v) is 7.99. The van der Waals surface area contributed by atoms with Gasteiger partial charge in [-0.25, -0.2) is 4.98 Å². The van der Waals surface area contributed by atoms with E-state index in [2.05, 4.69) is 23.4 Å². The highest BCUT2D eigenvalue weighted by atomic mass is 15.1. The fourth-order valence-electron chi connectivity index (χ4n) is 1.25. The van der Waals surface area contributed by atoms with Gasteiger partial charge in [0, 0.05) is 18.4 Å². The van der Waals surface area contributed by atoms with Crippen molar-refractivity contribution in [3.8, 4) is 0 Å². The van der Waals surface area contributed by atoms with Crippen LogP contribution < -0.4 is 5.73 Å². The zero-order valence-electron chi connectivity index (χ0n) is 7.99. The van der Waals surface area contributed by atoms with E-state index >= 15 is 0 Å². The van der Waals surface area contributed by atoms with Gasteiger partial charge in [0.15, 0.2) is 0 Å². The minimum absolute atomic E-state index is 0.0222. The summed E-state index contributed by atoms with van der Waals surface area (Å²) in [7, 11) is 0. The van der Waals surface area contributed by atoms with E-state index in [1.54, 1.807) is 0 Å². The second-order valence-electron chi connectivity index (χ2n) is 3.24. The Balaban J connectivity index is 2.91. The summed E-state index contributed by atoms with van der Waals surface area (Å²) >= 11 is 0. The van der Waals surface area contributed by atoms with E-state index in [0.29, 0.717) is 6.04 Å². The van der Waals surface area contributed by atoms with Crippen LogP contribution in [0.1, 0.15) is 45.1 Å². The molecule has 0 amide bonds. The van der Waals surface area contributed by atoms with Crippen LogP contribution in [-0.2, 0) is 0 Å². The Bertz CT molecular complexity index is 240. The average molecular weight is 167 g/mol. The van der Waals surface area contributed by atoms with E-state index in [4.69, 9.17) is 5.73 Å². The Hall–Kier alpha value is -0.830. The van der Waals surface area contributed by atoms with Crippen LogP contribution in [0.15, 0.2) is 12.4 Å². The van der Waals surface area contributed by atoms with Gasteiger partial charge < -0.3 is 10.3 Å². The van der Waals surface area contributed by atoms with Gasteiger partial charge >= 0.3 is 0 Å². The van der Waals surface area contributed by atoms with Gasteiger partial charge in [-0.2, -0.15) is 0 Å². The molecule has 3 nitrogen and oxygen atoms in total. The maximum absolute atomic E-state index is 5.77. The van der Waals surface area contributed by atoms with E-state index in [0.717, 1.165) is 12.2 Å². The number of imidazole rings is 1. The molecule has 1 rings (SSSR count). The standard InChI is InChI=1S/C9H17N3/c1-4-7(2)12-6-5-11-9(12)8(3)10/h5-8H,4,10H2,1-3H3. The van der Waals surface area contributed by atoms with Crippen LogP contribution in [0.5, 0.6) is 0 Å². The average Bonchev–Trinajstić information content (AvgIpc) is 2.50. The van der Waals surface area contributed by atoms with Gasteiger partial charge in [0.1, 0.15) is 5.82 Å². The third kappa shape index (κ3) is 1.67. The molecule has 1 heterocycles. The van der Waals surface area contributed by atoms with Gasteiger partial charge in [0.05, 0.1) is 6.04 Å². The molecule has 3 heteroatoms. The van der Waals surface area contributed by atoms with Gasteiger partial charge in [-0.3, -0.25) is 0 Å². The lowest BCUT2D eigenvalue weighted by Crippen LogP contribution is -2.15. The summed E-state index contributed by atoms with van der Waals surface area (Å²) < 4.78 is 2.14. The van der Waals surface area contributed by atoms with Crippen molar-refractivity contribution in [2.24, 2.45) is 5.73 Å². The number of aromatic nitrogens is 2. The van der Waals surface area contributed by atoms with Crippen molar-refractivity contribution in [3.05, 3.63) is 18.2 Å². The summed E-state index contributed by atoms with van der Waals surface area (Å²) in [5.41, 5.74) is 5.77. The molecule has 2 atom stereocenters. The van der Waals surface area contributed by atoms with Crippen molar-refractivity contribution < 1.29 is 0 Å². The SMILES string of the molecule is CCC(C)n1ccnc1C(C)N. The van der Waals surface area contributed by atoms with E-state index in [1.807, 2.05) is 19.3 Å². The monoisotopic (exact) mass is 167 g/mol. The molecule has 2 unspecified atom stereocenters. The Morgan fingerprint density at radius 2 is 2.25 bits per heavy atom. The van der Waals surface area contributed by atoms with Crippen LogP contribution in [-0.4, -0.2) is 9.55 Å². The first-order chi connectivity index (χ1) is 5.66. The predicted octanol–water partition coefficient (Wildman–Crippen LogP) is 1.87. The molecule has 0 saturated heterocycles. The molecule has 12 heavy (non-hydrogen) atoms. The van der Waals surface area contributed by atoms with Gasteiger partial charge in [0.25, 0.3) is 0 Å². The fraction of sp³-hybridized carbons (Fsp3) is 0.667. The third-order valence-electron chi connectivity index (χ3n) is 2.17. The van der Waals surface area contributed by atoms with Crippen LogP contribution in [0.4, 0.5) is 0 Å². The first kappa shape index (κ1) is 9.26. The van der Waals surface area contributed by atoms with Gasteiger partial charge in [-0.1, -0.05) is 6.92 Å². The third-order valence-corrected chi connectivity index (χ3v) is 2.17. The molecule has 0 radical (unpaired) electrons. The molecule has 2 N–H and O–H groups in total. The van der Waals surface area contributed by atoms with Gasteiger partial charge in [-0.15, -0.1) is 0 Å². The molecule has 0 saturated carbocycles. The smallest absolute Gasteiger partial charge is 0.125 e. The largest absolute Gasteiger partial charge is 0.331 e. The van der Waals surface area contributed by atoms with E-state index in [9.17, 15) is 0 Å². The molecule has 0 aliphatic carbocycles. The highest BCUT2D eigenvalue weighted by molar-refractivity contribution is 4.98. The maximum atomic E-state index is 5.77. The molecule has 0 aromatic carbocycles. The van der Waals surface area contributed by atoms with Crippen LogP contribution in [0.3, 0.4) is 0 Å². The summed E-state index contributed by atoms with van der Waals surface area (Å²) in [4.78, 5) is 4.22. The lowest BCUT2D eigenvalue weighted by atomic mass is 10.2. The molecular formula is C9H17N3. The summed E-state index contributed by atoms with van der Waals surface area (Å²) in [6, 6.07) is 0.516. The summed E-state index contributed by atoms with van der Waals surface area (Å²) in [5, 5.41) is 0. The maximum Gasteiger partial charge on any atom is 0.125 e. The summed E-state index contributed by atoms with van der Waals surface area (Å²) in [6.07, 6.45) is 4.91. The minimum atomic E-state index is 0.0222. The number of nitrogens with two attached hydrogens (primary N) is 1. The second kappa shape index (κ2) is 3.72. The quantitative estimate of drug-likeness (QED) is 0.747. The lowest BCUT2D eigenvalue weighted by molar-refractivity contribution is 0.493. The molecule has 68 valence electrons. The van der Waals surface area contributed by atoms with Gasteiger partial charge in [-0.05, 0) is 20.3 Å². The highest BCUT2D eigenvalue weighted by Crippen LogP contribution is 2.15. The van der Waals surface area contributed by atoms with E-state index in [-0.39, 0.29) is 6.04 Å². The molecule has 0 aliphatic rings. The predicted molar refractivity (Wildman–Crippen MR) is 49.8 cm³/mol. The van der Waals surface area contributed by atoms with Crippen LogP contribution in [0.25, 0.3) is 0 Å². The van der Waals surface area contributed by atoms with Gasteiger partial charge in [0.2, 0.25) is 0 Å². The Morgan fingerprint density at radius 3 is 2.75 bits per heavy atom. The van der Waals surface area contributed by atoms with E-state index < -0.39 is 0 Å². The van der Waals surface area contributed by atoms with Crippen molar-refractivity contribution in [3.63, 3.8) is 0 Å². The highest BCUT2D eigenvalue weighted by Gasteiger charge is 2.10. The van der Waals surface area contributed by atoms with Crippen molar-refractivity contribution >= 4 is 0 Å². The second-order valence-corrected chi connectivity index (χ2v) is 3.24. The van der Waals surface area contributed by atoms with Crippen LogP contribution in [0.2, 0.25) is 0 Å². The van der Waals surface area contributed by atoms with Crippen molar-refractivity contribution in [1.29, 1.82) is 0 Å². The first-order valence-electron chi connectivity index (χ1n) is 4.45. The van der Waals surface area contributed by atoms with Crippen molar-refractivity contribution in [2.45, 2.75) is 39.3 Å². The molecule has 1 aromatic rings. The van der Waals surface area contributed by atoms with Crippen molar-refractivity contribution in [1.82, 2.24) is 9.55 Å². The van der Waals surface area contributed by atoms with E-state index in [1.165, 1.54) is 0 Å². The molecule has 1 aromatic heterocycles. The first-order valence-corrected chi connectivity index (χ1v) is 4.45.